The van der Waals surface area contributed by atoms with Gasteiger partial charge in [-0.2, -0.15) is 0 Å². The number of aryl methyl sites for hydroxylation is 1. The molecule has 0 saturated heterocycles. The number of carbonyl (C=O) groups is 1. The zero-order valence-corrected chi connectivity index (χ0v) is 15.9. The second-order valence-corrected chi connectivity index (χ2v) is 7.77. The van der Waals surface area contributed by atoms with Crippen LogP contribution in [0.4, 0.5) is 0 Å². The van der Waals surface area contributed by atoms with Gasteiger partial charge in [0.15, 0.2) is 0 Å². The third kappa shape index (κ3) is 4.23. The van der Waals surface area contributed by atoms with E-state index in [1.54, 1.807) is 0 Å². The number of hydrogen-bond donors (Lipinski definition) is 1. The lowest BCUT2D eigenvalue weighted by Gasteiger charge is -2.19. The summed E-state index contributed by atoms with van der Waals surface area (Å²) in [6.07, 6.45) is 4.13. The van der Waals surface area contributed by atoms with Crippen LogP contribution in [0.1, 0.15) is 42.3 Å². The molecule has 134 valence electrons. The molecule has 0 fully saturated rings. The Kier molecular flexibility index (Phi) is 4.99. The molecular weight excluding hydrogens is 320 g/mol. The maximum absolute atomic E-state index is 12.4. The smallest absolute Gasteiger partial charge is 0.251 e. The summed E-state index contributed by atoms with van der Waals surface area (Å²) in [5.41, 5.74) is 5.48. The minimum Gasteiger partial charge on any atom is -0.357 e. The van der Waals surface area contributed by atoms with Gasteiger partial charge in [0.1, 0.15) is 0 Å². The van der Waals surface area contributed by atoms with E-state index in [9.17, 15) is 4.79 Å². The molecular formula is C23H26N2O. The molecule has 3 nitrogen and oxygen atoms in total. The average Bonchev–Trinajstić information content (AvgIpc) is 3.06. The maximum atomic E-state index is 12.4. The first kappa shape index (κ1) is 18.0. The van der Waals surface area contributed by atoms with Gasteiger partial charge in [0.05, 0.1) is 0 Å². The van der Waals surface area contributed by atoms with Gasteiger partial charge in [-0.1, -0.05) is 57.2 Å². The Morgan fingerprint density at radius 3 is 2.12 bits per heavy atom. The molecule has 3 rings (SSSR count). The second kappa shape index (κ2) is 7.20. The maximum Gasteiger partial charge on any atom is 0.251 e. The molecule has 0 atom stereocenters. The molecule has 2 aromatic carbocycles. The van der Waals surface area contributed by atoms with E-state index < -0.39 is 0 Å². The number of nitrogens with zero attached hydrogens (tertiary/aromatic N) is 1. The highest BCUT2D eigenvalue weighted by atomic mass is 16.1. The van der Waals surface area contributed by atoms with Crippen molar-refractivity contribution in [1.82, 2.24) is 9.88 Å². The van der Waals surface area contributed by atoms with Gasteiger partial charge >= 0.3 is 0 Å². The molecule has 0 aliphatic carbocycles. The van der Waals surface area contributed by atoms with Crippen molar-refractivity contribution in [2.75, 3.05) is 0 Å². The third-order valence-electron chi connectivity index (χ3n) is 4.59. The summed E-state index contributed by atoms with van der Waals surface area (Å²) in [4.78, 5) is 12.4. The number of aromatic nitrogens is 1. The summed E-state index contributed by atoms with van der Waals surface area (Å²) in [5.74, 6) is -0.0439. The summed E-state index contributed by atoms with van der Waals surface area (Å²) in [7, 11) is 2.02. The largest absolute Gasteiger partial charge is 0.357 e. The van der Waals surface area contributed by atoms with E-state index in [0.717, 1.165) is 5.56 Å². The van der Waals surface area contributed by atoms with Gasteiger partial charge in [0.25, 0.3) is 5.91 Å². The molecule has 0 aliphatic rings. The Labute approximate surface area is 155 Å². The van der Waals surface area contributed by atoms with Crippen LogP contribution in [0, 0.1) is 0 Å². The van der Waals surface area contributed by atoms with Gasteiger partial charge in [0, 0.05) is 31.5 Å². The predicted octanol–water partition coefficient (Wildman–Crippen LogP) is 4.92. The van der Waals surface area contributed by atoms with Crippen molar-refractivity contribution in [1.29, 1.82) is 0 Å². The normalized spacial score (nSPS) is 11.4. The zero-order chi connectivity index (χ0) is 18.7. The molecule has 26 heavy (non-hydrogen) atoms. The summed E-state index contributed by atoms with van der Waals surface area (Å²) in [6.45, 7) is 7.03. The summed E-state index contributed by atoms with van der Waals surface area (Å²) in [5, 5.41) is 2.99. The van der Waals surface area contributed by atoms with Crippen molar-refractivity contribution in [3.63, 3.8) is 0 Å². The first-order valence-electron chi connectivity index (χ1n) is 8.93. The molecule has 0 radical (unpaired) electrons. The molecule has 1 amide bonds. The van der Waals surface area contributed by atoms with Crippen molar-refractivity contribution in [3.05, 3.63) is 83.7 Å². The van der Waals surface area contributed by atoms with Crippen LogP contribution in [0.3, 0.4) is 0 Å². The number of benzene rings is 2. The van der Waals surface area contributed by atoms with Crippen molar-refractivity contribution in [2.24, 2.45) is 7.05 Å². The van der Waals surface area contributed by atoms with Gasteiger partial charge in [-0.05, 0) is 45.9 Å². The fourth-order valence-corrected chi connectivity index (χ4v) is 2.90. The van der Waals surface area contributed by atoms with Crippen LogP contribution in [0.25, 0.3) is 11.1 Å². The molecule has 0 spiro atoms. The van der Waals surface area contributed by atoms with E-state index in [1.165, 1.54) is 16.7 Å². The van der Waals surface area contributed by atoms with Gasteiger partial charge in [-0.25, -0.2) is 0 Å². The van der Waals surface area contributed by atoms with E-state index in [4.69, 9.17) is 0 Å². The lowest BCUT2D eigenvalue weighted by Crippen LogP contribution is -2.23. The van der Waals surface area contributed by atoms with Crippen LogP contribution in [0.5, 0.6) is 0 Å². The van der Waals surface area contributed by atoms with Crippen molar-refractivity contribution in [3.8, 4) is 11.1 Å². The Balaban J connectivity index is 1.61. The highest BCUT2D eigenvalue weighted by Gasteiger charge is 2.14. The molecule has 3 aromatic rings. The first-order valence-corrected chi connectivity index (χ1v) is 8.93. The minimum atomic E-state index is -0.0439. The molecule has 0 unspecified atom stereocenters. The van der Waals surface area contributed by atoms with Crippen LogP contribution in [0.15, 0.2) is 67.0 Å². The fourth-order valence-electron chi connectivity index (χ4n) is 2.90. The standard InChI is InChI=1S/C23H26N2O/c1-23(2,3)21-11-9-19(10-12-21)22(26)24-15-17-5-7-18(8-6-17)20-13-14-25(4)16-20/h5-14,16H,15H2,1-4H3,(H,24,26). The van der Waals surface area contributed by atoms with E-state index in [2.05, 4.69) is 62.6 Å². The third-order valence-corrected chi connectivity index (χ3v) is 4.59. The highest BCUT2D eigenvalue weighted by Crippen LogP contribution is 2.22. The quantitative estimate of drug-likeness (QED) is 0.715. The van der Waals surface area contributed by atoms with Crippen LogP contribution in [-0.4, -0.2) is 10.5 Å². The van der Waals surface area contributed by atoms with Crippen molar-refractivity contribution >= 4 is 5.91 Å². The van der Waals surface area contributed by atoms with Crippen LogP contribution < -0.4 is 5.32 Å². The fraction of sp³-hybridized carbons (Fsp3) is 0.261. The number of amides is 1. The molecule has 0 saturated carbocycles. The number of hydrogen-bond acceptors (Lipinski definition) is 1. The lowest BCUT2D eigenvalue weighted by molar-refractivity contribution is 0.0951. The van der Waals surface area contributed by atoms with E-state index in [0.29, 0.717) is 12.1 Å². The SMILES string of the molecule is Cn1ccc(-c2ccc(CNC(=O)c3ccc(C(C)(C)C)cc3)cc2)c1. The molecule has 0 bridgehead atoms. The average molecular weight is 346 g/mol. The Morgan fingerprint density at radius 1 is 0.923 bits per heavy atom. The monoisotopic (exact) mass is 346 g/mol. The summed E-state index contributed by atoms with van der Waals surface area (Å²) >= 11 is 0. The van der Waals surface area contributed by atoms with Gasteiger partial charge in [-0.3, -0.25) is 4.79 Å². The zero-order valence-electron chi connectivity index (χ0n) is 15.9. The van der Waals surface area contributed by atoms with Crippen LogP contribution in [-0.2, 0) is 19.0 Å². The predicted molar refractivity (Wildman–Crippen MR) is 107 cm³/mol. The summed E-state index contributed by atoms with van der Waals surface area (Å²) in [6, 6.07) is 18.3. The number of carbonyl (C=O) groups excluding carboxylic acids is 1. The molecule has 1 aromatic heterocycles. The van der Waals surface area contributed by atoms with Crippen LogP contribution in [0.2, 0.25) is 0 Å². The Hall–Kier alpha value is -2.81. The minimum absolute atomic E-state index is 0.0439. The van der Waals surface area contributed by atoms with Gasteiger partial charge < -0.3 is 9.88 Å². The second-order valence-electron chi connectivity index (χ2n) is 7.77. The molecule has 3 heteroatoms. The van der Waals surface area contributed by atoms with E-state index in [-0.39, 0.29) is 11.3 Å². The van der Waals surface area contributed by atoms with Crippen molar-refractivity contribution in [2.45, 2.75) is 32.7 Å². The lowest BCUT2D eigenvalue weighted by atomic mass is 9.87. The van der Waals surface area contributed by atoms with E-state index in [1.807, 2.05) is 42.1 Å². The Morgan fingerprint density at radius 2 is 1.58 bits per heavy atom. The van der Waals surface area contributed by atoms with E-state index >= 15 is 0 Å². The topological polar surface area (TPSA) is 34.0 Å². The van der Waals surface area contributed by atoms with Gasteiger partial charge in [0.2, 0.25) is 0 Å². The highest BCUT2D eigenvalue weighted by molar-refractivity contribution is 5.94. The number of rotatable bonds is 4. The van der Waals surface area contributed by atoms with Crippen molar-refractivity contribution < 1.29 is 4.79 Å². The first-order chi connectivity index (χ1) is 12.3. The van der Waals surface area contributed by atoms with Crippen LogP contribution >= 0.6 is 0 Å². The molecule has 1 N–H and O–H groups in total. The Bertz CT molecular complexity index is 881. The molecule has 1 heterocycles. The summed E-state index contributed by atoms with van der Waals surface area (Å²) < 4.78 is 2.04. The molecule has 0 aliphatic heterocycles. The van der Waals surface area contributed by atoms with Gasteiger partial charge in [-0.15, -0.1) is 0 Å². The number of nitrogens with one attached hydrogen (secondary N) is 1.